The second-order valence-corrected chi connectivity index (χ2v) is 3.56. The van der Waals surface area contributed by atoms with E-state index in [4.69, 9.17) is 9.47 Å². The fourth-order valence-corrected chi connectivity index (χ4v) is 1.44. The molecule has 1 aromatic carbocycles. The van der Waals surface area contributed by atoms with Crippen LogP contribution in [-0.2, 0) is 9.59 Å². The number of phenolic OH excluding ortho intramolecular Hbond substituents is 2. The summed E-state index contributed by atoms with van der Waals surface area (Å²) >= 11 is 0. The molecule has 0 atom stereocenters. The molecule has 0 fully saturated rings. The minimum absolute atomic E-state index is 0.0121. The van der Waals surface area contributed by atoms with Gasteiger partial charge >= 0.3 is 11.9 Å². The first-order valence-corrected chi connectivity index (χ1v) is 5.04. The molecule has 1 aromatic rings. The van der Waals surface area contributed by atoms with E-state index in [0.717, 1.165) is 0 Å². The Labute approximate surface area is 96.4 Å². The molecule has 1 aliphatic heterocycles. The van der Waals surface area contributed by atoms with Gasteiger partial charge in [-0.15, -0.1) is 0 Å². The van der Waals surface area contributed by atoms with Crippen molar-refractivity contribution in [3.63, 3.8) is 0 Å². The molecule has 2 rings (SSSR count). The van der Waals surface area contributed by atoms with Crippen LogP contribution in [0.5, 0.6) is 23.0 Å². The zero-order valence-electron chi connectivity index (χ0n) is 8.80. The second-order valence-electron chi connectivity index (χ2n) is 3.56. The van der Waals surface area contributed by atoms with Gasteiger partial charge in [0.2, 0.25) is 11.5 Å². The fourth-order valence-electron chi connectivity index (χ4n) is 1.44. The number of esters is 2. The van der Waals surface area contributed by atoms with Crippen LogP contribution in [0.2, 0.25) is 0 Å². The van der Waals surface area contributed by atoms with Gasteiger partial charge in [-0.1, -0.05) is 0 Å². The van der Waals surface area contributed by atoms with Gasteiger partial charge in [-0.2, -0.15) is 0 Å². The molecule has 1 aliphatic rings. The summed E-state index contributed by atoms with van der Waals surface area (Å²) in [6.45, 7) is 0. The Hall–Kier alpha value is -2.24. The molecule has 0 unspecified atom stereocenters. The highest BCUT2D eigenvalue weighted by Gasteiger charge is 2.21. The van der Waals surface area contributed by atoms with Crippen LogP contribution in [0.4, 0.5) is 0 Å². The van der Waals surface area contributed by atoms with Gasteiger partial charge in [0.1, 0.15) is 0 Å². The van der Waals surface area contributed by atoms with Gasteiger partial charge in [0, 0.05) is 12.8 Å². The predicted octanol–water partition coefficient (Wildman–Crippen LogP) is 1.09. The van der Waals surface area contributed by atoms with Crippen LogP contribution in [-0.4, -0.2) is 22.2 Å². The second kappa shape index (κ2) is 4.32. The highest BCUT2D eigenvalue weighted by atomic mass is 16.6. The molecule has 90 valence electrons. The standard InChI is InChI=1S/C11H10O6/c12-6-4-5-7-10(15)11(6)17-9(14)3-1-2-8(13)16-7/h4-5,12,15H,1-3H2. The van der Waals surface area contributed by atoms with Crippen molar-refractivity contribution in [1.82, 2.24) is 0 Å². The molecule has 17 heavy (non-hydrogen) atoms. The molecule has 0 radical (unpaired) electrons. The Morgan fingerprint density at radius 1 is 1.00 bits per heavy atom. The summed E-state index contributed by atoms with van der Waals surface area (Å²) in [5.41, 5.74) is 0. The normalized spacial score (nSPS) is 16.0. The molecule has 0 amide bonds. The van der Waals surface area contributed by atoms with Crippen LogP contribution in [0, 0.1) is 0 Å². The van der Waals surface area contributed by atoms with Crippen molar-refractivity contribution in [1.29, 1.82) is 0 Å². The number of ether oxygens (including phenoxy) is 2. The average Bonchev–Trinajstić information content (AvgIpc) is 2.27. The lowest BCUT2D eigenvalue weighted by Crippen LogP contribution is -2.14. The number of carbonyl (C=O) groups excluding carboxylic acids is 2. The smallest absolute Gasteiger partial charge is 0.311 e. The number of hydrogen-bond donors (Lipinski definition) is 2. The summed E-state index contributed by atoms with van der Waals surface area (Å²) < 4.78 is 9.66. The van der Waals surface area contributed by atoms with Gasteiger partial charge in [-0.25, -0.2) is 0 Å². The molecule has 2 bridgehead atoms. The van der Waals surface area contributed by atoms with E-state index < -0.39 is 23.4 Å². The molecule has 0 saturated carbocycles. The maximum atomic E-state index is 11.3. The third kappa shape index (κ3) is 2.30. The van der Waals surface area contributed by atoms with Crippen molar-refractivity contribution >= 4 is 11.9 Å². The Bertz CT molecular complexity index is 479. The van der Waals surface area contributed by atoms with Crippen LogP contribution in [0.1, 0.15) is 19.3 Å². The van der Waals surface area contributed by atoms with E-state index in [-0.39, 0.29) is 24.3 Å². The van der Waals surface area contributed by atoms with Crippen molar-refractivity contribution in [3.8, 4) is 23.0 Å². The summed E-state index contributed by atoms with van der Waals surface area (Å²) in [7, 11) is 0. The van der Waals surface area contributed by atoms with Crippen molar-refractivity contribution in [3.05, 3.63) is 12.1 Å². The third-order valence-corrected chi connectivity index (χ3v) is 2.28. The minimum Gasteiger partial charge on any atom is -0.504 e. The minimum atomic E-state index is -0.623. The predicted molar refractivity (Wildman–Crippen MR) is 54.9 cm³/mol. The lowest BCUT2D eigenvalue weighted by molar-refractivity contribution is -0.136. The van der Waals surface area contributed by atoms with E-state index in [2.05, 4.69) is 0 Å². The number of benzene rings is 1. The number of hydrogen-bond acceptors (Lipinski definition) is 6. The summed E-state index contributed by atoms with van der Waals surface area (Å²) in [5.74, 6) is -2.65. The van der Waals surface area contributed by atoms with Crippen LogP contribution in [0.25, 0.3) is 0 Å². The SMILES string of the molecule is O=C1CCCC(=O)Oc2c(O)ccc(c2O)O1. The molecule has 6 heteroatoms. The molecule has 0 spiro atoms. The van der Waals surface area contributed by atoms with Gasteiger partial charge in [-0.3, -0.25) is 9.59 Å². The molecule has 6 nitrogen and oxygen atoms in total. The van der Waals surface area contributed by atoms with Gasteiger partial charge in [-0.05, 0) is 18.6 Å². The van der Waals surface area contributed by atoms with E-state index in [9.17, 15) is 19.8 Å². The van der Waals surface area contributed by atoms with Crippen LogP contribution in [0.15, 0.2) is 12.1 Å². The summed E-state index contributed by atoms with van der Waals surface area (Å²) in [5, 5.41) is 19.1. The van der Waals surface area contributed by atoms with Crippen LogP contribution in [0.3, 0.4) is 0 Å². The molecule has 0 aromatic heterocycles. The van der Waals surface area contributed by atoms with Crippen molar-refractivity contribution in [2.24, 2.45) is 0 Å². The molecule has 0 saturated heterocycles. The fraction of sp³-hybridized carbons (Fsp3) is 0.273. The maximum Gasteiger partial charge on any atom is 0.311 e. The monoisotopic (exact) mass is 238 g/mol. The first-order chi connectivity index (χ1) is 8.08. The lowest BCUT2D eigenvalue weighted by Gasteiger charge is -2.13. The molecule has 0 aliphatic carbocycles. The first kappa shape index (κ1) is 11.3. The lowest BCUT2D eigenvalue weighted by atomic mass is 10.2. The van der Waals surface area contributed by atoms with E-state index in [1.807, 2.05) is 0 Å². The summed E-state index contributed by atoms with van der Waals surface area (Å²) in [6, 6.07) is 2.40. The number of aromatic hydroxyl groups is 2. The van der Waals surface area contributed by atoms with Crippen molar-refractivity contribution in [2.75, 3.05) is 0 Å². The zero-order chi connectivity index (χ0) is 12.4. The van der Waals surface area contributed by atoms with Gasteiger partial charge in [0.05, 0.1) is 0 Å². The average molecular weight is 238 g/mol. The topological polar surface area (TPSA) is 93.1 Å². The summed E-state index contributed by atoms with van der Waals surface area (Å²) in [6.07, 6.45) is 0.367. The Balaban J connectivity index is 2.47. The van der Waals surface area contributed by atoms with Gasteiger partial charge in [0.15, 0.2) is 11.5 Å². The Morgan fingerprint density at radius 3 is 2.35 bits per heavy atom. The molecular formula is C11H10O6. The molecule has 2 N–H and O–H groups in total. The Morgan fingerprint density at radius 2 is 1.65 bits per heavy atom. The van der Waals surface area contributed by atoms with E-state index >= 15 is 0 Å². The zero-order valence-corrected chi connectivity index (χ0v) is 8.80. The maximum absolute atomic E-state index is 11.3. The molecular weight excluding hydrogens is 228 g/mol. The number of carbonyl (C=O) groups is 2. The largest absolute Gasteiger partial charge is 0.504 e. The van der Waals surface area contributed by atoms with Crippen LogP contribution >= 0.6 is 0 Å². The first-order valence-electron chi connectivity index (χ1n) is 5.04. The van der Waals surface area contributed by atoms with Gasteiger partial charge < -0.3 is 19.7 Å². The van der Waals surface area contributed by atoms with E-state index in [1.54, 1.807) is 0 Å². The quantitative estimate of drug-likeness (QED) is 0.519. The third-order valence-electron chi connectivity index (χ3n) is 2.28. The van der Waals surface area contributed by atoms with Gasteiger partial charge in [0.25, 0.3) is 0 Å². The van der Waals surface area contributed by atoms with E-state index in [0.29, 0.717) is 6.42 Å². The summed E-state index contributed by atoms with van der Waals surface area (Å²) in [4.78, 5) is 22.6. The highest BCUT2D eigenvalue weighted by Crippen LogP contribution is 2.43. The number of phenols is 2. The van der Waals surface area contributed by atoms with E-state index in [1.165, 1.54) is 12.1 Å². The molecule has 1 heterocycles. The Kier molecular flexibility index (Phi) is 2.86. The number of rotatable bonds is 0. The highest BCUT2D eigenvalue weighted by molar-refractivity contribution is 5.79. The van der Waals surface area contributed by atoms with Crippen molar-refractivity contribution < 1.29 is 29.3 Å². The van der Waals surface area contributed by atoms with Crippen LogP contribution < -0.4 is 9.47 Å². The van der Waals surface area contributed by atoms with Crippen molar-refractivity contribution in [2.45, 2.75) is 19.3 Å². The number of fused-ring (bicyclic) bond motifs is 2.